The summed E-state index contributed by atoms with van der Waals surface area (Å²) in [6, 6.07) is 5.61. The first-order valence-corrected chi connectivity index (χ1v) is 4.74. The van der Waals surface area contributed by atoms with Gasteiger partial charge in [-0.1, -0.05) is 22.0 Å². The van der Waals surface area contributed by atoms with Crippen LogP contribution in [0.1, 0.15) is 11.5 Å². The number of carbonyl (C=O) groups is 1. The van der Waals surface area contributed by atoms with Gasteiger partial charge in [-0.3, -0.25) is 4.79 Å². The van der Waals surface area contributed by atoms with E-state index in [4.69, 9.17) is 5.11 Å². The van der Waals surface area contributed by atoms with Gasteiger partial charge in [0.05, 0.1) is 0 Å². The number of anilines is 1. The van der Waals surface area contributed by atoms with Gasteiger partial charge in [0.15, 0.2) is 0 Å². The van der Waals surface area contributed by atoms with Crippen LogP contribution in [0.2, 0.25) is 0 Å². The third-order valence-corrected chi connectivity index (χ3v) is 2.68. The van der Waals surface area contributed by atoms with Crippen LogP contribution in [0.3, 0.4) is 0 Å². The lowest BCUT2D eigenvalue weighted by molar-refractivity contribution is -0.138. The molecule has 13 heavy (non-hydrogen) atoms. The number of halogens is 1. The van der Waals surface area contributed by atoms with Gasteiger partial charge in [-0.25, -0.2) is 0 Å². The first-order valence-electron chi connectivity index (χ1n) is 3.94. The smallest absolute Gasteiger partial charge is 0.312 e. The van der Waals surface area contributed by atoms with Crippen molar-refractivity contribution in [3.05, 3.63) is 28.2 Å². The van der Waals surface area contributed by atoms with Crippen molar-refractivity contribution in [2.75, 3.05) is 11.9 Å². The van der Waals surface area contributed by atoms with Crippen molar-refractivity contribution in [2.24, 2.45) is 0 Å². The number of benzene rings is 1. The van der Waals surface area contributed by atoms with Gasteiger partial charge in [-0.2, -0.15) is 0 Å². The molecule has 1 heterocycles. The highest BCUT2D eigenvalue weighted by Crippen LogP contribution is 2.33. The van der Waals surface area contributed by atoms with Gasteiger partial charge in [-0.15, -0.1) is 0 Å². The summed E-state index contributed by atoms with van der Waals surface area (Å²) in [5.41, 5.74) is 1.79. The van der Waals surface area contributed by atoms with E-state index in [1.54, 1.807) is 0 Å². The molecule has 1 aliphatic rings. The third-order valence-electron chi connectivity index (χ3n) is 2.19. The SMILES string of the molecule is O=C(O)C1CNc2cc(Br)ccc21. The Bertz CT molecular complexity index is 365. The van der Waals surface area contributed by atoms with Crippen molar-refractivity contribution in [3.63, 3.8) is 0 Å². The Morgan fingerprint density at radius 2 is 2.38 bits per heavy atom. The molecule has 2 rings (SSSR count). The van der Waals surface area contributed by atoms with Gasteiger partial charge < -0.3 is 10.4 Å². The van der Waals surface area contributed by atoms with Crippen LogP contribution >= 0.6 is 15.9 Å². The van der Waals surface area contributed by atoms with Crippen molar-refractivity contribution in [1.29, 1.82) is 0 Å². The molecular weight excluding hydrogens is 234 g/mol. The number of hydrogen-bond acceptors (Lipinski definition) is 2. The van der Waals surface area contributed by atoms with Crippen LogP contribution in [0.15, 0.2) is 22.7 Å². The first-order chi connectivity index (χ1) is 6.18. The summed E-state index contributed by atoms with van der Waals surface area (Å²) in [5.74, 6) is -1.17. The minimum absolute atomic E-state index is 0.400. The molecule has 0 aliphatic carbocycles. The van der Waals surface area contributed by atoms with Gasteiger partial charge in [0, 0.05) is 16.7 Å². The fraction of sp³-hybridized carbons (Fsp3) is 0.222. The summed E-state index contributed by atoms with van der Waals surface area (Å²) in [4.78, 5) is 10.8. The molecule has 0 radical (unpaired) electrons. The molecular formula is C9H8BrNO2. The molecule has 68 valence electrons. The van der Waals surface area contributed by atoms with Crippen LogP contribution in [-0.2, 0) is 4.79 Å². The number of nitrogens with one attached hydrogen (secondary N) is 1. The van der Waals surface area contributed by atoms with Crippen LogP contribution in [0.5, 0.6) is 0 Å². The number of carboxylic acids is 1. The summed E-state index contributed by atoms with van der Waals surface area (Å²) < 4.78 is 0.963. The van der Waals surface area contributed by atoms with E-state index < -0.39 is 11.9 Å². The lowest BCUT2D eigenvalue weighted by Gasteiger charge is -2.02. The Balaban J connectivity index is 2.44. The Kier molecular flexibility index (Phi) is 2.00. The molecule has 1 atom stereocenters. The van der Waals surface area contributed by atoms with Gasteiger partial charge in [0.2, 0.25) is 0 Å². The molecule has 0 saturated heterocycles. The maximum absolute atomic E-state index is 10.8. The molecule has 1 aromatic rings. The second kappa shape index (κ2) is 3.03. The van der Waals surface area contributed by atoms with Gasteiger partial charge in [0.25, 0.3) is 0 Å². The maximum atomic E-state index is 10.8. The van der Waals surface area contributed by atoms with Crippen molar-refractivity contribution < 1.29 is 9.90 Å². The molecule has 0 bridgehead atoms. The summed E-state index contributed by atoms with van der Waals surface area (Å²) >= 11 is 3.33. The van der Waals surface area contributed by atoms with Crippen molar-refractivity contribution in [3.8, 4) is 0 Å². The Morgan fingerprint density at radius 1 is 1.62 bits per heavy atom. The van der Waals surface area contributed by atoms with Crippen molar-refractivity contribution in [1.82, 2.24) is 0 Å². The van der Waals surface area contributed by atoms with Crippen molar-refractivity contribution >= 4 is 27.6 Å². The van der Waals surface area contributed by atoms with E-state index in [-0.39, 0.29) is 0 Å². The Morgan fingerprint density at radius 3 is 3.08 bits per heavy atom. The van der Waals surface area contributed by atoms with Gasteiger partial charge in [0.1, 0.15) is 5.92 Å². The predicted molar refractivity (Wildman–Crippen MR) is 53.0 cm³/mol. The van der Waals surface area contributed by atoms with E-state index in [0.29, 0.717) is 6.54 Å². The Hall–Kier alpha value is -1.03. The molecule has 0 aromatic heterocycles. The second-order valence-corrected chi connectivity index (χ2v) is 3.92. The minimum atomic E-state index is -0.770. The molecule has 3 nitrogen and oxygen atoms in total. The fourth-order valence-corrected chi connectivity index (χ4v) is 1.89. The Labute approximate surface area is 83.9 Å². The molecule has 2 N–H and O–H groups in total. The largest absolute Gasteiger partial charge is 0.481 e. The zero-order chi connectivity index (χ0) is 9.42. The van der Waals surface area contributed by atoms with Gasteiger partial charge in [-0.05, 0) is 17.7 Å². The quantitative estimate of drug-likeness (QED) is 0.792. The zero-order valence-electron chi connectivity index (χ0n) is 6.75. The normalized spacial score (nSPS) is 19.3. The number of rotatable bonds is 1. The second-order valence-electron chi connectivity index (χ2n) is 3.00. The van der Waals surface area contributed by atoms with Crippen LogP contribution in [0.25, 0.3) is 0 Å². The minimum Gasteiger partial charge on any atom is -0.481 e. The average molecular weight is 242 g/mol. The average Bonchev–Trinajstić information content (AvgIpc) is 2.46. The third kappa shape index (κ3) is 1.42. The topological polar surface area (TPSA) is 49.3 Å². The van der Waals surface area contributed by atoms with E-state index in [1.807, 2.05) is 18.2 Å². The van der Waals surface area contributed by atoms with E-state index >= 15 is 0 Å². The predicted octanol–water partition coefficient (Wildman–Crippen LogP) is 2.04. The fourth-order valence-electron chi connectivity index (χ4n) is 1.53. The van der Waals surface area contributed by atoms with Gasteiger partial charge >= 0.3 is 5.97 Å². The van der Waals surface area contributed by atoms with Crippen LogP contribution in [0.4, 0.5) is 5.69 Å². The van der Waals surface area contributed by atoms with E-state index in [2.05, 4.69) is 21.2 Å². The summed E-state index contributed by atoms with van der Waals surface area (Å²) in [6.07, 6.45) is 0. The number of aliphatic carboxylic acids is 1. The standard InChI is InChI=1S/C9H8BrNO2/c10-5-1-2-6-7(9(12)13)4-11-8(6)3-5/h1-3,7,11H,4H2,(H,12,13). The highest BCUT2D eigenvalue weighted by molar-refractivity contribution is 9.10. The monoisotopic (exact) mass is 241 g/mol. The maximum Gasteiger partial charge on any atom is 0.312 e. The highest BCUT2D eigenvalue weighted by Gasteiger charge is 2.27. The molecule has 0 spiro atoms. The van der Waals surface area contributed by atoms with Crippen LogP contribution in [-0.4, -0.2) is 17.6 Å². The first kappa shape index (κ1) is 8.56. The molecule has 0 amide bonds. The van der Waals surface area contributed by atoms with E-state index in [1.165, 1.54) is 0 Å². The number of fused-ring (bicyclic) bond motifs is 1. The summed E-state index contributed by atoms with van der Waals surface area (Å²) in [7, 11) is 0. The van der Waals surface area contributed by atoms with Crippen molar-refractivity contribution in [2.45, 2.75) is 5.92 Å². The molecule has 1 unspecified atom stereocenters. The van der Waals surface area contributed by atoms with Crippen LogP contribution < -0.4 is 5.32 Å². The zero-order valence-corrected chi connectivity index (χ0v) is 8.34. The van der Waals surface area contributed by atoms with E-state index in [0.717, 1.165) is 15.7 Å². The lowest BCUT2D eigenvalue weighted by atomic mass is 10.0. The summed E-state index contributed by atoms with van der Waals surface area (Å²) in [6.45, 7) is 0.487. The summed E-state index contributed by atoms with van der Waals surface area (Å²) in [5, 5.41) is 11.9. The van der Waals surface area contributed by atoms with Crippen LogP contribution in [0, 0.1) is 0 Å². The molecule has 4 heteroatoms. The lowest BCUT2D eigenvalue weighted by Crippen LogP contribution is -2.12. The highest BCUT2D eigenvalue weighted by atomic mass is 79.9. The molecule has 0 saturated carbocycles. The number of hydrogen-bond donors (Lipinski definition) is 2. The number of carboxylic acid groups (broad SMARTS) is 1. The molecule has 0 fully saturated rings. The molecule has 1 aliphatic heterocycles. The molecule has 1 aromatic carbocycles. The van der Waals surface area contributed by atoms with E-state index in [9.17, 15) is 4.79 Å².